The van der Waals surface area contributed by atoms with Crippen LogP contribution in [-0.2, 0) is 6.42 Å². The van der Waals surface area contributed by atoms with Crippen LogP contribution in [0.1, 0.15) is 18.5 Å². The minimum Gasteiger partial charge on any atom is -0.374 e. The molecule has 3 N–H and O–H groups in total. The maximum absolute atomic E-state index is 6.10. The first-order chi connectivity index (χ1) is 7.27. The van der Waals surface area contributed by atoms with Crippen LogP contribution in [0.4, 0.5) is 0 Å². The fourth-order valence-corrected chi connectivity index (χ4v) is 1.99. The minimum atomic E-state index is 0.00329. The number of nitrogens with two attached hydrogens (primary N) is 1. The van der Waals surface area contributed by atoms with Crippen LogP contribution in [0.15, 0.2) is 24.8 Å². The second-order valence-corrected chi connectivity index (χ2v) is 4.07. The van der Waals surface area contributed by atoms with Gasteiger partial charge < -0.3 is 15.6 Å². The van der Waals surface area contributed by atoms with Crippen LogP contribution in [0.2, 0.25) is 0 Å². The molecule has 1 atom stereocenters. The van der Waals surface area contributed by atoms with Crippen LogP contribution >= 0.6 is 0 Å². The highest BCUT2D eigenvalue weighted by Crippen LogP contribution is 2.16. The molecular weight excluding hydrogens is 188 g/mol. The van der Waals surface area contributed by atoms with E-state index in [9.17, 15) is 0 Å². The molecule has 2 heterocycles. The van der Waals surface area contributed by atoms with Crippen molar-refractivity contribution in [1.82, 2.24) is 14.9 Å². The topological polar surface area (TPSA) is 57.9 Å². The Hall–Kier alpha value is -1.29. The fraction of sp³-hybridized carbons (Fsp3) is 0.545. The molecule has 1 aromatic rings. The van der Waals surface area contributed by atoms with Gasteiger partial charge in [0.2, 0.25) is 0 Å². The van der Waals surface area contributed by atoms with E-state index in [1.807, 2.05) is 6.20 Å². The number of imidazole rings is 1. The first-order valence-electron chi connectivity index (χ1n) is 5.44. The van der Waals surface area contributed by atoms with Crippen molar-refractivity contribution in [3.05, 3.63) is 30.5 Å². The van der Waals surface area contributed by atoms with Crippen LogP contribution in [0.5, 0.6) is 0 Å². The average molecular weight is 206 g/mol. The Morgan fingerprint density at radius 3 is 2.93 bits per heavy atom. The van der Waals surface area contributed by atoms with Crippen LogP contribution in [-0.4, -0.2) is 34.0 Å². The highest BCUT2D eigenvalue weighted by molar-refractivity contribution is 5.10. The number of aromatic amines is 1. The molecule has 0 bridgehead atoms. The van der Waals surface area contributed by atoms with Crippen LogP contribution < -0.4 is 5.73 Å². The summed E-state index contributed by atoms with van der Waals surface area (Å²) in [5.74, 6) is 0. The molecule has 15 heavy (non-hydrogen) atoms. The Bertz CT molecular complexity index is 311. The lowest BCUT2D eigenvalue weighted by molar-refractivity contribution is 0.392. The van der Waals surface area contributed by atoms with Gasteiger partial charge in [-0.3, -0.25) is 0 Å². The van der Waals surface area contributed by atoms with E-state index in [1.165, 1.54) is 12.8 Å². The molecule has 0 aliphatic carbocycles. The van der Waals surface area contributed by atoms with Crippen molar-refractivity contribution in [3.8, 4) is 0 Å². The first kappa shape index (κ1) is 10.2. The number of hydrogen-bond acceptors (Lipinski definition) is 3. The van der Waals surface area contributed by atoms with E-state index in [4.69, 9.17) is 5.73 Å². The molecule has 1 fully saturated rings. The number of aromatic nitrogens is 2. The van der Waals surface area contributed by atoms with Gasteiger partial charge in [-0.2, -0.15) is 0 Å². The molecular formula is C11H18N4. The van der Waals surface area contributed by atoms with E-state index in [0.29, 0.717) is 0 Å². The summed E-state index contributed by atoms with van der Waals surface area (Å²) in [6.45, 7) is 6.30. The number of H-pyrrole nitrogens is 1. The largest absolute Gasteiger partial charge is 0.374 e. The summed E-state index contributed by atoms with van der Waals surface area (Å²) < 4.78 is 0. The molecule has 1 saturated heterocycles. The summed E-state index contributed by atoms with van der Waals surface area (Å²) in [6.07, 6.45) is 6.80. The van der Waals surface area contributed by atoms with Gasteiger partial charge >= 0.3 is 0 Å². The Labute approximate surface area is 90.2 Å². The summed E-state index contributed by atoms with van der Waals surface area (Å²) in [5.41, 5.74) is 8.23. The van der Waals surface area contributed by atoms with E-state index in [2.05, 4.69) is 21.4 Å². The van der Waals surface area contributed by atoms with E-state index >= 15 is 0 Å². The van der Waals surface area contributed by atoms with Gasteiger partial charge in [0, 0.05) is 43.1 Å². The summed E-state index contributed by atoms with van der Waals surface area (Å²) >= 11 is 0. The fourth-order valence-electron chi connectivity index (χ4n) is 1.99. The normalized spacial score (nSPS) is 18.1. The minimum absolute atomic E-state index is 0.00329. The van der Waals surface area contributed by atoms with Gasteiger partial charge in [0.1, 0.15) is 0 Å². The zero-order valence-corrected chi connectivity index (χ0v) is 8.95. The molecule has 0 radical (unpaired) electrons. The third-order valence-corrected chi connectivity index (χ3v) is 2.93. The summed E-state index contributed by atoms with van der Waals surface area (Å²) in [6, 6.07) is 0.00329. The Kier molecular flexibility index (Phi) is 3.06. The van der Waals surface area contributed by atoms with Gasteiger partial charge in [0.25, 0.3) is 0 Å². The Balaban J connectivity index is 1.89. The molecule has 0 aromatic carbocycles. The molecule has 0 amide bonds. The van der Waals surface area contributed by atoms with E-state index in [1.54, 1.807) is 6.33 Å². The molecule has 1 aromatic heterocycles. The van der Waals surface area contributed by atoms with Gasteiger partial charge in [-0.25, -0.2) is 4.98 Å². The number of hydrogen-bond donors (Lipinski definition) is 2. The molecule has 82 valence electrons. The standard InChI is InChI=1S/C11H18N4/c1-9(15-4-2-3-5-15)11(12)6-10-7-13-8-14-10/h7-8,11H,1-6,12H2,(H,13,14). The molecule has 4 heteroatoms. The van der Waals surface area contributed by atoms with Crippen molar-refractivity contribution < 1.29 is 0 Å². The maximum atomic E-state index is 6.10. The van der Waals surface area contributed by atoms with Gasteiger partial charge in [-0.1, -0.05) is 6.58 Å². The molecule has 1 aliphatic heterocycles. The lowest BCUT2D eigenvalue weighted by Gasteiger charge is -2.25. The highest BCUT2D eigenvalue weighted by atomic mass is 15.2. The second kappa shape index (κ2) is 4.49. The average Bonchev–Trinajstić information content (AvgIpc) is 2.88. The maximum Gasteiger partial charge on any atom is 0.0921 e. The molecule has 4 nitrogen and oxygen atoms in total. The third kappa shape index (κ3) is 2.39. The second-order valence-electron chi connectivity index (χ2n) is 4.07. The zero-order chi connectivity index (χ0) is 10.7. The molecule has 2 rings (SSSR count). The van der Waals surface area contributed by atoms with Crippen molar-refractivity contribution in [3.63, 3.8) is 0 Å². The number of nitrogens with one attached hydrogen (secondary N) is 1. The Morgan fingerprint density at radius 2 is 2.33 bits per heavy atom. The monoisotopic (exact) mass is 206 g/mol. The third-order valence-electron chi connectivity index (χ3n) is 2.93. The van der Waals surface area contributed by atoms with Gasteiger partial charge in [0.15, 0.2) is 0 Å². The first-order valence-corrected chi connectivity index (χ1v) is 5.44. The van der Waals surface area contributed by atoms with Crippen molar-refractivity contribution in [2.24, 2.45) is 5.73 Å². The summed E-state index contributed by atoms with van der Waals surface area (Å²) in [7, 11) is 0. The predicted octanol–water partition coefficient (Wildman–Crippen LogP) is 0.889. The van der Waals surface area contributed by atoms with E-state index < -0.39 is 0 Å². The zero-order valence-electron chi connectivity index (χ0n) is 8.95. The molecule has 0 spiro atoms. The lowest BCUT2D eigenvalue weighted by Crippen LogP contribution is -2.34. The van der Waals surface area contributed by atoms with Crippen LogP contribution in [0.3, 0.4) is 0 Å². The van der Waals surface area contributed by atoms with Crippen LogP contribution in [0, 0.1) is 0 Å². The van der Waals surface area contributed by atoms with E-state index in [-0.39, 0.29) is 6.04 Å². The number of nitrogens with zero attached hydrogens (tertiary/aromatic N) is 2. The van der Waals surface area contributed by atoms with E-state index in [0.717, 1.165) is 30.9 Å². The van der Waals surface area contributed by atoms with Gasteiger partial charge in [-0.05, 0) is 12.8 Å². The lowest BCUT2D eigenvalue weighted by atomic mass is 10.1. The predicted molar refractivity (Wildman–Crippen MR) is 60.2 cm³/mol. The smallest absolute Gasteiger partial charge is 0.0921 e. The quantitative estimate of drug-likeness (QED) is 0.769. The molecule has 1 aliphatic rings. The SMILES string of the molecule is C=C(C(N)Cc1cnc[nH]1)N1CCCC1. The van der Waals surface area contributed by atoms with Gasteiger partial charge in [-0.15, -0.1) is 0 Å². The molecule has 1 unspecified atom stereocenters. The van der Waals surface area contributed by atoms with Crippen molar-refractivity contribution in [2.45, 2.75) is 25.3 Å². The molecule has 0 saturated carbocycles. The number of likely N-dealkylation sites (tertiary alicyclic amines) is 1. The summed E-state index contributed by atoms with van der Waals surface area (Å²) in [5, 5.41) is 0. The Morgan fingerprint density at radius 1 is 1.60 bits per heavy atom. The van der Waals surface area contributed by atoms with Crippen molar-refractivity contribution in [1.29, 1.82) is 0 Å². The van der Waals surface area contributed by atoms with Crippen molar-refractivity contribution in [2.75, 3.05) is 13.1 Å². The van der Waals surface area contributed by atoms with Crippen LogP contribution in [0.25, 0.3) is 0 Å². The summed E-state index contributed by atoms with van der Waals surface area (Å²) in [4.78, 5) is 9.33. The van der Waals surface area contributed by atoms with Crippen molar-refractivity contribution >= 4 is 0 Å². The number of rotatable bonds is 4. The highest BCUT2D eigenvalue weighted by Gasteiger charge is 2.18. The van der Waals surface area contributed by atoms with Gasteiger partial charge in [0.05, 0.1) is 6.33 Å².